The quantitative estimate of drug-likeness (QED) is 0.0732. The average molecular weight is 1230 g/mol. The number of Topliss-reactive ketones (excluding diaryl/α,β-unsaturated/α-hetero) is 2. The highest BCUT2D eigenvalue weighted by Crippen LogP contribution is 2.47. The van der Waals surface area contributed by atoms with Gasteiger partial charge in [-0.05, 0) is 127 Å². The van der Waals surface area contributed by atoms with Crippen LogP contribution in [0.5, 0.6) is 6.01 Å². The first kappa shape index (κ1) is 64.1. The van der Waals surface area contributed by atoms with E-state index in [2.05, 4.69) is 74.1 Å². The number of para-hydroxylation sites is 2. The van der Waals surface area contributed by atoms with E-state index in [1.54, 1.807) is 30.6 Å². The molecule has 4 amide bonds. The van der Waals surface area contributed by atoms with Crippen LogP contribution in [0.15, 0.2) is 86.5 Å². The van der Waals surface area contributed by atoms with E-state index in [9.17, 15) is 48.9 Å². The SMILES string of the molecule is C=CC(=O)N1CCN(c2nc(OC[C@@H]3CCCN3C)nc3c2CCC2(Cc4ccccc4NC2=O)C3=O)C[C@@H]1CC#N.C=CC(=O)OC(=O)C=C.CC(C)(C)OC(=O)N1CCN(c2nc(Cl)nc3c2CCC2(Cc4ccccc4NC2=O)C3=O)C[C@@H]1CC#N. The van der Waals surface area contributed by atoms with Crippen molar-refractivity contribution in [3.8, 4) is 18.1 Å². The molecule has 0 radical (unpaired) electrons. The van der Waals surface area contributed by atoms with Crippen molar-refractivity contribution in [3.63, 3.8) is 0 Å². The number of rotatable bonds is 10. The van der Waals surface area contributed by atoms with Crippen molar-refractivity contribution in [2.75, 3.05) is 79.9 Å². The fraction of sp³-hybridized carbons (Fsp3) is 0.438. The number of nitrogens with zero attached hydrogens (tertiary/aromatic N) is 11. The first-order valence-corrected chi connectivity index (χ1v) is 29.8. The Bertz CT molecular complexity index is 3610. The lowest BCUT2D eigenvalue weighted by atomic mass is 9.66. The molecule has 2 aromatic carbocycles. The van der Waals surface area contributed by atoms with Gasteiger partial charge < -0.3 is 49.3 Å². The molecule has 5 atom stereocenters. The van der Waals surface area contributed by atoms with Gasteiger partial charge in [-0.1, -0.05) is 56.1 Å². The Labute approximate surface area is 520 Å². The zero-order valence-corrected chi connectivity index (χ0v) is 51.0. The monoisotopic (exact) mass is 1230 g/mol. The lowest BCUT2D eigenvalue weighted by molar-refractivity contribution is -0.152. The summed E-state index contributed by atoms with van der Waals surface area (Å²) in [5, 5.41) is 24.7. The summed E-state index contributed by atoms with van der Waals surface area (Å²) in [5.41, 5.74) is 1.80. The number of likely N-dealkylation sites (tertiary alicyclic amines) is 1. The molecule has 4 aromatic rings. The molecule has 2 spiro atoms. The van der Waals surface area contributed by atoms with Crippen molar-refractivity contribution in [3.05, 3.63) is 125 Å². The highest BCUT2D eigenvalue weighted by atomic mass is 35.5. The van der Waals surface area contributed by atoms with Gasteiger partial charge in [-0.2, -0.15) is 20.5 Å². The summed E-state index contributed by atoms with van der Waals surface area (Å²) in [4.78, 5) is 128. The Balaban J connectivity index is 0.000000187. The molecule has 2 N–H and O–H groups in total. The van der Waals surface area contributed by atoms with Gasteiger partial charge in [0.1, 0.15) is 46.1 Å². The maximum atomic E-state index is 14.3. The fourth-order valence-electron chi connectivity index (χ4n) is 12.5. The van der Waals surface area contributed by atoms with Crippen molar-refractivity contribution in [1.29, 1.82) is 10.5 Å². The van der Waals surface area contributed by atoms with Crippen molar-refractivity contribution in [1.82, 2.24) is 34.6 Å². The van der Waals surface area contributed by atoms with Gasteiger partial charge in [0.25, 0.3) is 0 Å². The summed E-state index contributed by atoms with van der Waals surface area (Å²) in [5.74, 6) is -1.99. The summed E-state index contributed by atoms with van der Waals surface area (Å²) in [6.07, 6.45) is 7.07. The van der Waals surface area contributed by atoms with Gasteiger partial charge in [-0.25, -0.2) is 24.4 Å². The maximum absolute atomic E-state index is 14.3. The summed E-state index contributed by atoms with van der Waals surface area (Å²) < 4.78 is 15.7. The Hall–Kier alpha value is -9.39. The van der Waals surface area contributed by atoms with E-state index in [1.807, 2.05) is 58.3 Å². The molecule has 11 rings (SSSR count). The summed E-state index contributed by atoms with van der Waals surface area (Å²) in [7, 11) is 2.06. The molecule has 3 saturated heterocycles. The minimum Gasteiger partial charge on any atom is -0.462 e. The fourth-order valence-corrected chi connectivity index (χ4v) is 12.7. The Morgan fingerprint density at radius 3 is 1.70 bits per heavy atom. The second-order valence-electron chi connectivity index (χ2n) is 23.8. The molecule has 7 aliphatic rings. The van der Waals surface area contributed by atoms with Crippen LogP contribution in [0.4, 0.5) is 27.8 Å². The van der Waals surface area contributed by atoms with Gasteiger partial charge in [0.15, 0.2) is 11.6 Å². The van der Waals surface area contributed by atoms with E-state index in [4.69, 9.17) is 26.1 Å². The van der Waals surface area contributed by atoms with Gasteiger partial charge >= 0.3 is 24.0 Å². The van der Waals surface area contributed by atoms with Gasteiger partial charge in [0.05, 0.1) is 37.1 Å². The molecule has 464 valence electrons. The van der Waals surface area contributed by atoms with Crippen LogP contribution >= 0.6 is 11.6 Å². The van der Waals surface area contributed by atoms with Crippen LogP contribution in [0.2, 0.25) is 5.28 Å². The van der Waals surface area contributed by atoms with Crippen molar-refractivity contribution >= 4 is 81.9 Å². The number of nitrogens with one attached hydrogen (secondary N) is 2. The van der Waals surface area contributed by atoms with Crippen molar-refractivity contribution in [2.45, 2.75) is 109 Å². The number of carbonyl (C=O) groups is 8. The number of hydrogen-bond acceptors (Lipinski definition) is 20. The predicted octanol–water partition coefficient (Wildman–Crippen LogP) is 6.58. The Morgan fingerprint density at radius 1 is 0.697 bits per heavy atom. The summed E-state index contributed by atoms with van der Waals surface area (Å²) >= 11 is 6.32. The third-order valence-electron chi connectivity index (χ3n) is 17.1. The highest BCUT2D eigenvalue weighted by Gasteiger charge is 2.55. The van der Waals surface area contributed by atoms with Crippen LogP contribution in [-0.4, -0.2) is 165 Å². The van der Waals surface area contributed by atoms with E-state index in [0.29, 0.717) is 107 Å². The molecule has 7 heterocycles. The number of ketones is 2. The highest BCUT2D eigenvalue weighted by molar-refractivity contribution is 6.29. The molecule has 2 unspecified atom stereocenters. The molecule has 2 aromatic heterocycles. The zero-order valence-electron chi connectivity index (χ0n) is 50.2. The number of fused-ring (bicyclic) bond motifs is 4. The van der Waals surface area contributed by atoms with Crippen molar-refractivity contribution in [2.24, 2.45) is 10.8 Å². The number of nitriles is 2. The van der Waals surface area contributed by atoms with Gasteiger partial charge in [-0.15, -0.1) is 0 Å². The van der Waals surface area contributed by atoms with Crippen LogP contribution in [0.1, 0.15) is 103 Å². The molecule has 25 heteroatoms. The van der Waals surface area contributed by atoms with E-state index >= 15 is 0 Å². The number of aromatic nitrogens is 4. The third kappa shape index (κ3) is 13.5. The standard InChI is InChI=1S/C31H35N7O4.C27H29ClN6O4.C6H6O3/c1-3-25(39)38-16-15-37(18-21(38)11-13-32)28-23-10-12-31(17-20-7-4-5-9-24(20)33-29(31)41)27(40)26(23)34-30(35-28)42-19-22-8-6-14-36(22)2;1-26(2,3)38-25(37)34-13-12-33(15-17(34)9-11-29)22-18-8-10-27(21(35)20(18)31-24(28)32-22)14-16-6-4-5-7-19(16)30-23(27)36;1-3-5(7)9-6(8)4-2/h3-5,7,9,21-22H,1,6,8,10-12,14-19H2,2H3,(H,33,41);4-7,17H,8-10,12-15H2,1-3H3,(H,30,36);3-4H,1-2H2/t21-,22-,31?;17-,27?;/m00./s1. The number of halogens is 1. The van der Waals surface area contributed by atoms with Crippen LogP contribution < -0.4 is 25.2 Å². The number of piperazine rings is 2. The van der Waals surface area contributed by atoms with Crippen LogP contribution in [-0.2, 0) is 59.1 Å². The minimum absolute atomic E-state index is 0.0906. The number of esters is 2. The van der Waals surface area contributed by atoms with E-state index in [-0.39, 0.29) is 76.9 Å². The Kier molecular flexibility index (Phi) is 19.4. The average Bonchev–Trinajstić information content (AvgIpc) is 0.969. The second-order valence-corrected chi connectivity index (χ2v) is 24.1. The molecule has 2 aliphatic carbocycles. The molecule has 0 saturated carbocycles. The predicted molar refractivity (Wildman–Crippen MR) is 327 cm³/mol. The van der Waals surface area contributed by atoms with Crippen LogP contribution in [0, 0.1) is 33.5 Å². The number of hydrogen-bond donors (Lipinski definition) is 2. The number of benzene rings is 2. The first-order chi connectivity index (χ1) is 42.6. The topological polar surface area (TPSA) is 304 Å². The third-order valence-corrected chi connectivity index (χ3v) is 17.3. The van der Waals surface area contributed by atoms with E-state index < -0.39 is 40.5 Å². The van der Waals surface area contributed by atoms with Crippen LogP contribution in [0.25, 0.3) is 0 Å². The Morgan fingerprint density at radius 2 is 1.20 bits per heavy atom. The largest absolute Gasteiger partial charge is 0.462 e. The summed E-state index contributed by atoms with van der Waals surface area (Å²) in [6, 6.07) is 18.9. The molecular formula is C64H70ClN13O11. The zero-order chi connectivity index (χ0) is 64.0. The van der Waals surface area contributed by atoms with Gasteiger partial charge in [0.2, 0.25) is 23.0 Å². The number of likely N-dealkylation sites (N-methyl/N-ethyl adjacent to an activating group) is 1. The number of amides is 4. The normalized spacial score (nSPS) is 22.5. The lowest BCUT2D eigenvalue weighted by Crippen LogP contribution is -2.56. The molecular weight excluding hydrogens is 1160 g/mol. The lowest BCUT2D eigenvalue weighted by Gasteiger charge is -2.43. The van der Waals surface area contributed by atoms with Crippen LogP contribution in [0.3, 0.4) is 0 Å². The molecule has 5 aliphatic heterocycles. The molecule has 0 bridgehead atoms. The first-order valence-electron chi connectivity index (χ1n) is 29.4. The van der Waals surface area contributed by atoms with E-state index in [1.165, 1.54) is 6.08 Å². The number of anilines is 4. The van der Waals surface area contributed by atoms with E-state index in [0.717, 1.165) is 54.0 Å². The smallest absolute Gasteiger partial charge is 0.410 e. The number of carbonyl (C=O) groups excluding carboxylic acids is 8. The molecule has 89 heavy (non-hydrogen) atoms. The maximum Gasteiger partial charge on any atom is 0.410 e. The van der Waals surface area contributed by atoms with Crippen molar-refractivity contribution < 1.29 is 52.6 Å². The van der Waals surface area contributed by atoms with Gasteiger partial charge in [0, 0.05) is 80.0 Å². The van der Waals surface area contributed by atoms with Gasteiger partial charge in [-0.3, -0.25) is 24.0 Å². The minimum atomic E-state index is -1.26. The molecule has 24 nitrogen and oxygen atoms in total. The number of ether oxygens (including phenoxy) is 3. The second kappa shape index (κ2) is 26.9. The molecule has 3 fully saturated rings. The summed E-state index contributed by atoms with van der Waals surface area (Å²) in [6.45, 7) is 18.8.